The second-order valence-electron chi connectivity index (χ2n) is 5.21. The number of halogens is 3. The Morgan fingerprint density at radius 2 is 2.04 bits per heavy atom. The van der Waals surface area contributed by atoms with Gasteiger partial charge in [0.05, 0.1) is 10.5 Å². The van der Waals surface area contributed by atoms with Crippen LogP contribution >= 0.6 is 24.0 Å². The van der Waals surface area contributed by atoms with E-state index in [-0.39, 0.29) is 5.91 Å². The van der Waals surface area contributed by atoms with E-state index in [1.165, 1.54) is 28.8 Å². The van der Waals surface area contributed by atoms with E-state index in [1.807, 2.05) is 6.92 Å². The number of likely N-dealkylation sites (N-methyl/N-ethyl adjacent to an activating group) is 1. The first kappa shape index (κ1) is 17.8. The number of nitrogens with zero attached hydrogens (tertiary/aromatic N) is 1. The first-order chi connectivity index (χ1) is 11.8. The minimum atomic E-state index is -4.42. The zero-order chi connectivity index (χ0) is 18.2. The average Bonchev–Trinajstić information content (AvgIpc) is 3.12. The molecule has 8 heteroatoms. The van der Waals surface area contributed by atoms with E-state index in [4.69, 9.17) is 16.6 Å². The van der Waals surface area contributed by atoms with Gasteiger partial charge in [-0.3, -0.25) is 9.69 Å². The third-order valence-electron chi connectivity index (χ3n) is 3.56. The van der Waals surface area contributed by atoms with Gasteiger partial charge in [-0.15, -0.1) is 0 Å². The number of carbonyl (C=O) groups is 1. The largest absolute Gasteiger partial charge is 0.457 e. The molecular weight excluding hydrogens is 371 g/mol. The van der Waals surface area contributed by atoms with Crippen molar-refractivity contribution >= 4 is 40.3 Å². The monoisotopic (exact) mass is 383 g/mol. The van der Waals surface area contributed by atoms with E-state index < -0.39 is 11.7 Å². The highest BCUT2D eigenvalue weighted by atomic mass is 32.2. The Bertz CT molecular complexity index is 871. The van der Waals surface area contributed by atoms with Crippen molar-refractivity contribution in [2.75, 3.05) is 6.54 Å². The number of carbonyl (C=O) groups excluding carboxylic acids is 1. The third-order valence-corrected chi connectivity index (χ3v) is 4.94. The Balaban J connectivity index is 1.88. The molecular formula is C17H12F3NO2S2. The van der Waals surface area contributed by atoms with E-state index in [1.54, 1.807) is 18.2 Å². The summed E-state index contributed by atoms with van der Waals surface area (Å²) >= 11 is 6.30. The Morgan fingerprint density at radius 3 is 2.68 bits per heavy atom. The highest BCUT2D eigenvalue weighted by Crippen LogP contribution is 2.35. The van der Waals surface area contributed by atoms with Gasteiger partial charge in [-0.25, -0.2) is 0 Å². The van der Waals surface area contributed by atoms with E-state index in [0.29, 0.717) is 32.9 Å². The van der Waals surface area contributed by atoms with Crippen molar-refractivity contribution in [3.05, 3.63) is 52.6 Å². The molecule has 1 aromatic heterocycles. The summed E-state index contributed by atoms with van der Waals surface area (Å²) in [5.41, 5.74) is -0.428. The highest BCUT2D eigenvalue weighted by Gasteiger charge is 2.31. The van der Waals surface area contributed by atoms with Crippen LogP contribution in [-0.2, 0) is 11.0 Å². The lowest BCUT2D eigenvalue weighted by atomic mass is 10.1. The summed E-state index contributed by atoms with van der Waals surface area (Å²) < 4.78 is 44.5. The van der Waals surface area contributed by atoms with Gasteiger partial charge in [-0.1, -0.05) is 36.1 Å². The summed E-state index contributed by atoms with van der Waals surface area (Å²) in [5, 5.41) is 0. The number of thiocarbonyl (C=S) groups is 1. The van der Waals surface area contributed by atoms with Crippen molar-refractivity contribution < 1.29 is 22.4 Å². The molecule has 0 spiro atoms. The van der Waals surface area contributed by atoms with Gasteiger partial charge in [-0.2, -0.15) is 13.2 Å². The Morgan fingerprint density at radius 1 is 1.28 bits per heavy atom. The van der Waals surface area contributed by atoms with Crippen LogP contribution in [0.4, 0.5) is 13.2 Å². The molecule has 2 aromatic rings. The lowest BCUT2D eigenvalue weighted by Crippen LogP contribution is -2.27. The van der Waals surface area contributed by atoms with Crippen LogP contribution in [0.3, 0.4) is 0 Å². The first-order valence-corrected chi connectivity index (χ1v) is 8.55. The summed E-state index contributed by atoms with van der Waals surface area (Å²) in [4.78, 5) is 14.1. The standard InChI is InChI=1S/C17H12F3NO2S2/c1-2-21-15(22)14(25-16(21)24)9-12-6-7-13(23-12)10-4-3-5-11(8-10)17(18,19)20/h3-9H,2H2,1H3/b14-9+. The molecule has 0 saturated carbocycles. The minimum Gasteiger partial charge on any atom is -0.457 e. The SMILES string of the molecule is CCN1C(=O)/C(=C\c2ccc(-c3cccc(C(F)(F)F)c3)o2)SC1=S. The molecule has 1 aromatic carbocycles. The Labute approximate surface area is 151 Å². The Hall–Kier alpha value is -2.06. The van der Waals surface area contributed by atoms with E-state index in [0.717, 1.165) is 12.1 Å². The van der Waals surface area contributed by atoms with Crippen molar-refractivity contribution in [2.24, 2.45) is 0 Å². The minimum absolute atomic E-state index is 0.200. The number of hydrogen-bond acceptors (Lipinski definition) is 4. The molecule has 2 heterocycles. The maximum atomic E-state index is 12.8. The fraction of sp³-hybridized carbons (Fsp3) is 0.176. The number of amides is 1. The molecule has 130 valence electrons. The summed E-state index contributed by atoms with van der Waals surface area (Å²) in [6.07, 6.45) is -2.87. The van der Waals surface area contributed by atoms with E-state index >= 15 is 0 Å². The van der Waals surface area contributed by atoms with Crippen LogP contribution in [-0.4, -0.2) is 21.7 Å². The van der Waals surface area contributed by atoms with E-state index in [9.17, 15) is 18.0 Å². The van der Waals surface area contributed by atoms with Crippen LogP contribution in [0, 0.1) is 0 Å². The van der Waals surface area contributed by atoms with Crippen LogP contribution in [0.2, 0.25) is 0 Å². The molecule has 3 rings (SSSR count). The molecule has 1 amide bonds. The van der Waals surface area contributed by atoms with E-state index in [2.05, 4.69) is 0 Å². The van der Waals surface area contributed by atoms with Crippen LogP contribution < -0.4 is 0 Å². The topological polar surface area (TPSA) is 33.5 Å². The normalized spacial score (nSPS) is 17.0. The van der Waals surface area contributed by atoms with Gasteiger partial charge in [0.1, 0.15) is 15.8 Å². The summed E-state index contributed by atoms with van der Waals surface area (Å²) in [6, 6.07) is 8.07. The maximum absolute atomic E-state index is 12.8. The van der Waals surface area contributed by atoms with Gasteiger partial charge >= 0.3 is 6.18 Å². The molecule has 0 unspecified atom stereocenters. The van der Waals surface area contributed by atoms with Crippen LogP contribution in [0.5, 0.6) is 0 Å². The van der Waals surface area contributed by atoms with Crippen molar-refractivity contribution in [1.82, 2.24) is 4.90 Å². The van der Waals surface area contributed by atoms with Crippen molar-refractivity contribution in [3.63, 3.8) is 0 Å². The number of hydrogen-bond donors (Lipinski definition) is 0. The average molecular weight is 383 g/mol. The number of rotatable bonds is 3. The lowest BCUT2D eigenvalue weighted by Gasteiger charge is -2.09. The maximum Gasteiger partial charge on any atom is 0.416 e. The lowest BCUT2D eigenvalue weighted by molar-refractivity contribution is -0.137. The molecule has 1 aliphatic heterocycles. The predicted octanol–water partition coefficient (Wildman–Crippen LogP) is 5.19. The molecule has 3 nitrogen and oxygen atoms in total. The number of furan rings is 1. The number of benzene rings is 1. The molecule has 0 atom stereocenters. The fourth-order valence-corrected chi connectivity index (χ4v) is 3.70. The molecule has 0 bridgehead atoms. The second-order valence-corrected chi connectivity index (χ2v) is 6.88. The smallest absolute Gasteiger partial charge is 0.416 e. The van der Waals surface area contributed by atoms with Gasteiger partial charge in [0, 0.05) is 18.2 Å². The van der Waals surface area contributed by atoms with Gasteiger partial charge in [0.2, 0.25) is 0 Å². The second kappa shape index (κ2) is 6.68. The zero-order valence-electron chi connectivity index (χ0n) is 13.0. The van der Waals surface area contributed by atoms with Crippen molar-refractivity contribution in [1.29, 1.82) is 0 Å². The number of thioether (sulfide) groups is 1. The molecule has 0 aliphatic carbocycles. The molecule has 1 fully saturated rings. The highest BCUT2D eigenvalue weighted by molar-refractivity contribution is 8.26. The molecule has 0 N–H and O–H groups in total. The first-order valence-electron chi connectivity index (χ1n) is 7.32. The van der Waals surface area contributed by atoms with Crippen molar-refractivity contribution in [3.8, 4) is 11.3 Å². The quantitative estimate of drug-likeness (QED) is 0.540. The molecule has 25 heavy (non-hydrogen) atoms. The van der Waals surface area contributed by atoms with Gasteiger partial charge in [-0.05, 0) is 31.2 Å². The van der Waals surface area contributed by atoms with Crippen LogP contribution in [0.15, 0.2) is 45.7 Å². The van der Waals surface area contributed by atoms with Crippen LogP contribution in [0.25, 0.3) is 17.4 Å². The number of alkyl halides is 3. The van der Waals surface area contributed by atoms with Gasteiger partial charge < -0.3 is 4.42 Å². The van der Waals surface area contributed by atoms with Gasteiger partial charge in [0.15, 0.2) is 0 Å². The molecule has 1 aliphatic rings. The summed E-state index contributed by atoms with van der Waals surface area (Å²) in [6.45, 7) is 2.31. The molecule has 1 saturated heterocycles. The van der Waals surface area contributed by atoms with Crippen LogP contribution in [0.1, 0.15) is 18.2 Å². The third kappa shape index (κ3) is 3.64. The summed E-state index contributed by atoms with van der Waals surface area (Å²) in [7, 11) is 0. The predicted molar refractivity (Wildman–Crippen MR) is 94.7 cm³/mol. The molecule has 0 radical (unpaired) electrons. The Kier molecular flexibility index (Phi) is 4.75. The van der Waals surface area contributed by atoms with Gasteiger partial charge in [0.25, 0.3) is 5.91 Å². The zero-order valence-corrected chi connectivity index (χ0v) is 14.6. The van der Waals surface area contributed by atoms with Crippen molar-refractivity contribution in [2.45, 2.75) is 13.1 Å². The summed E-state index contributed by atoms with van der Waals surface area (Å²) in [5.74, 6) is 0.474. The fourth-order valence-electron chi connectivity index (χ4n) is 2.34.